The Morgan fingerprint density at radius 1 is 1.50 bits per heavy atom. The van der Waals surface area contributed by atoms with E-state index in [9.17, 15) is 13.2 Å². The van der Waals surface area contributed by atoms with E-state index in [1.807, 2.05) is 0 Å². The summed E-state index contributed by atoms with van der Waals surface area (Å²) < 4.78 is 32.9. The lowest BCUT2D eigenvalue weighted by Gasteiger charge is -2.13. The van der Waals surface area contributed by atoms with Gasteiger partial charge in [-0.25, -0.2) is 8.42 Å². The van der Waals surface area contributed by atoms with E-state index in [1.165, 1.54) is 25.3 Å². The molecule has 1 aliphatic rings. The fourth-order valence-electron chi connectivity index (χ4n) is 1.91. The number of amides is 1. The van der Waals surface area contributed by atoms with Crippen molar-refractivity contribution in [3.05, 3.63) is 18.2 Å². The molecule has 0 spiro atoms. The second kappa shape index (κ2) is 5.99. The van der Waals surface area contributed by atoms with Crippen molar-refractivity contribution in [2.24, 2.45) is 5.92 Å². The fraction of sp³-hybridized carbons (Fsp3) is 0.417. The molecule has 1 aliphatic heterocycles. The molecule has 20 heavy (non-hydrogen) atoms. The summed E-state index contributed by atoms with van der Waals surface area (Å²) in [5, 5.41) is 2.65. The summed E-state index contributed by atoms with van der Waals surface area (Å²) in [4.78, 5) is 11.9. The molecule has 0 bridgehead atoms. The first-order chi connectivity index (χ1) is 9.41. The predicted octanol–water partition coefficient (Wildman–Crippen LogP) is 1.60. The molecule has 0 aliphatic carbocycles. The summed E-state index contributed by atoms with van der Waals surface area (Å²) in [6, 6.07) is 4.03. The van der Waals surface area contributed by atoms with Crippen molar-refractivity contribution in [3.8, 4) is 5.75 Å². The highest BCUT2D eigenvalue weighted by molar-refractivity contribution is 8.13. The standard InChI is InChI=1S/C12H14ClNO5S/c1-18-11-3-2-9(20(13,16)17)6-10(11)14-12(15)8-4-5-19-7-8/h2-3,6,8H,4-5,7H2,1H3,(H,14,15). The van der Waals surface area contributed by atoms with Crippen molar-refractivity contribution < 1.29 is 22.7 Å². The van der Waals surface area contributed by atoms with Crippen LogP contribution in [0.4, 0.5) is 5.69 Å². The van der Waals surface area contributed by atoms with Gasteiger partial charge in [-0.1, -0.05) is 0 Å². The molecule has 110 valence electrons. The lowest BCUT2D eigenvalue weighted by Crippen LogP contribution is -2.23. The summed E-state index contributed by atoms with van der Waals surface area (Å²) in [6.07, 6.45) is 0.641. The van der Waals surface area contributed by atoms with Crippen molar-refractivity contribution in [3.63, 3.8) is 0 Å². The smallest absolute Gasteiger partial charge is 0.261 e. The number of carbonyl (C=O) groups is 1. The van der Waals surface area contributed by atoms with Gasteiger partial charge in [0.2, 0.25) is 5.91 Å². The van der Waals surface area contributed by atoms with Gasteiger partial charge in [-0.2, -0.15) is 0 Å². The van der Waals surface area contributed by atoms with E-state index < -0.39 is 9.05 Å². The minimum Gasteiger partial charge on any atom is -0.495 e. The van der Waals surface area contributed by atoms with Gasteiger partial charge in [-0.05, 0) is 24.6 Å². The third-order valence-corrected chi connectivity index (χ3v) is 4.36. The molecule has 1 aromatic rings. The number of methoxy groups -OCH3 is 1. The zero-order valence-corrected chi connectivity index (χ0v) is 12.3. The summed E-state index contributed by atoms with van der Waals surface area (Å²) in [5.41, 5.74) is 0.270. The molecule has 0 radical (unpaired) electrons. The third-order valence-electron chi connectivity index (χ3n) is 3.01. The van der Waals surface area contributed by atoms with Gasteiger partial charge in [-0.3, -0.25) is 4.79 Å². The van der Waals surface area contributed by atoms with Crippen LogP contribution in [0.5, 0.6) is 5.75 Å². The summed E-state index contributed by atoms with van der Waals surface area (Å²) in [6.45, 7) is 0.910. The molecular weight excluding hydrogens is 306 g/mol. The number of halogens is 1. The zero-order valence-electron chi connectivity index (χ0n) is 10.8. The number of benzene rings is 1. The van der Waals surface area contributed by atoms with Gasteiger partial charge < -0.3 is 14.8 Å². The molecule has 1 N–H and O–H groups in total. The van der Waals surface area contributed by atoms with Gasteiger partial charge in [0.25, 0.3) is 9.05 Å². The van der Waals surface area contributed by atoms with E-state index in [2.05, 4.69) is 5.32 Å². The van der Waals surface area contributed by atoms with Crippen molar-refractivity contribution in [2.75, 3.05) is 25.6 Å². The summed E-state index contributed by atoms with van der Waals surface area (Å²) >= 11 is 0. The Balaban J connectivity index is 2.26. The van der Waals surface area contributed by atoms with E-state index >= 15 is 0 Å². The monoisotopic (exact) mass is 319 g/mol. The minimum atomic E-state index is -3.86. The van der Waals surface area contributed by atoms with Crippen molar-refractivity contribution in [2.45, 2.75) is 11.3 Å². The first-order valence-electron chi connectivity index (χ1n) is 5.93. The largest absolute Gasteiger partial charge is 0.495 e. The summed E-state index contributed by atoms with van der Waals surface area (Å²) in [7, 11) is 2.85. The molecule has 1 unspecified atom stereocenters. The van der Waals surface area contributed by atoms with Crippen LogP contribution in [0.15, 0.2) is 23.1 Å². The van der Waals surface area contributed by atoms with Gasteiger partial charge >= 0.3 is 0 Å². The highest BCUT2D eigenvalue weighted by atomic mass is 35.7. The molecule has 2 rings (SSSR count). The average Bonchev–Trinajstić information content (AvgIpc) is 2.91. The van der Waals surface area contributed by atoms with E-state index in [0.717, 1.165) is 0 Å². The van der Waals surface area contributed by atoms with Crippen LogP contribution in [0.2, 0.25) is 0 Å². The van der Waals surface area contributed by atoms with Crippen molar-refractivity contribution in [1.29, 1.82) is 0 Å². The lowest BCUT2D eigenvalue weighted by molar-refractivity contribution is -0.119. The Hall–Kier alpha value is -1.31. The maximum Gasteiger partial charge on any atom is 0.261 e. The quantitative estimate of drug-likeness (QED) is 0.852. The number of nitrogens with one attached hydrogen (secondary N) is 1. The van der Waals surface area contributed by atoms with Crippen LogP contribution in [0.3, 0.4) is 0 Å². The molecule has 6 nitrogen and oxygen atoms in total. The van der Waals surface area contributed by atoms with Crippen LogP contribution in [0.25, 0.3) is 0 Å². The fourth-order valence-corrected chi connectivity index (χ4v) is 2.69. The Labute approximate surface area is 121 Å². The van der Waals surface area contributed by atoms with Crippen molar-refractivity contribution >= 4 is 31.3 Å². The second-order valence-electron chi connectivity index (χ2n) is 4.35. The SMILES string of the molecule is COc1ccc(S(=O)(=O)Cl)cc1NC(=O)C1CCOC1. The number of rotatable bonds is 4. The van der Waals surface area contributed by atoms with Gasteiger partial charge in [0, 0.05) is 17.3 Å². The molecule has 8 heteroatoms. The van der Waals surface area contributed by atoms with E-state index in [-0.39, 0.29) is 22.4 Å². The lowest BCUT2D eigenvalue weighted by atomic mass is 10.1. The Morgan fingerprint density at radius 2 is 2.25 bits per heavy atom. The molecule has 1 atom stereocenters. The number of hydrogen-bond acceptors (Lipinski definition) is 5. The van der Waals surface area contributed by atoms with E-state index in [1.54, 1.807) is 0 Å². The highest BCUT2D eigenvalue weighted by Gasteiger charge is 2.24. The van der Waals surface area contributed by atoms with Crippen LogP contribution in [0, 0.1) is 5.92 Å². The number of ether oxygens (including phenoxy) is 2. The number of anilines is 1. The topological polar surface area (TPSA) is 81.7 Å². The van der Waals surface area contributed by atoms with E-state index in [0.29, 0.717) is 25.4 Å². The molecule has 1 fully saturated rings. The molecule has 1 saturated heterocycles. The van der Waals surface area contributed by atoms with Crippen LogP contribution < -0.4 is 10.1 Å². The number of hydrogen-bond donors (Lipinski definition) is 1. The average molecular weight is 320 g/mol. The highest BCUT2D eigenvalue weighted by Crippen LogP contribution is 2.29. The molecule has 1 aromatic carbocycles. The molecule has 1 amide bonds. The molecule has 0 saturated carbocycles. The van der Waals surface area contributed by atoms with Crippen LogP contribution >= 0.6 is 10.7 Å². The Bertz CT molecular complexity index is 610. The normalized spacial score (nSPS) is 18.8. The second-order valence-corrected chi connectivity index (χ2v) is 6.92. The van der Waals surface area contributed by atoms with Crippen LogP contribution in [0.1, 0.15) is 6.42 Å². The predicted molar refractivity (Wildman–Crippen MR) is 73.6 cm³/mol. The van der Waals surface area contributed by atoms with Crippen molar-refractivity contribution in [1.82, 2.24) is 0 Å². The first kappa shape index (κ1) is 15.1. The maximum atomic E-state index is 12.0. The Kier molecular flexibility index (Phi) is 4.52. The molecule has 0 aromatic heterocycles. The van der Waals surface area contributed by atoms with Crippen LogP contribution in [-0.2, 0) is 18.6 Å². The number of carbonyl (C=O) groups excluding carboxylic acids is 1. The minimum absolute atomic E-state index is 0.0991. The van der Waals surface area contributed by atoms with Crippen LogP contribution in [-0.4, -0.2) is 34.6 Å². The van der Waals surface area contributed by atoms with Gasteiger partial charge in [0.1, 0.15) is 5.75 Å². The van der Waals surface area contributed by atoms with Gasteiger partial charge in [0.05, 0.1) is 30.2 Å². The molecular formula is C12H14ClNO5S. The van der Waals surface area contributed by atoms with Gasteiger partial charge in [-0.15, -0.1) is 0 Å². The Morgan fingerprint density at radius 3 is 2.80 bits per heavy atom. The van der Waals surface area contributed by atoms with E-state index in [4.69, 9.17) is 20.2 Å². The third kappa shape index (κ3) is 3.41. The zero-order chi connectivity index (χ0) is 14.8. The van der Waals surface area contributed by atoms with Gasteiger partial charge in [0.15, 0.2) is 0 Å². The first-order valence-corrected chi connectivity index (χ1v) is 8.24. The molecule has 1 heterocycles. The summed E-state index contributed by atoms with van der Waals surface area (Å²) in [5.74, 6) is -0.109. The maximum absolute atomic E-state index is 12.0.